The molecule has 4 aromatic heterocycles. The molecule has 1 unspecified atom stereocenters. The Morgan fingerprint density at radius 2 is 0.930 bits per heavy atom. The minimum Gasteiger partial charge on any atom is -0.456 e. The van der Waals surface area contributed by atoms with E-state index in [-0.39, 0.29) is 0 Å². The normalized spacial score (nSPS) is 16.1. The summed E-state index contributed by atoms with van der Waals surface area (Å²) >= 11 is 0. The lowest BCUT2D eigenvalue weighted by Crippen LogP contribution is -2.26. The minimum atomic E-state index is -0.510. The predicted molar refractivity (Wildman–Crippen MR) is 287 cm³/mol. The van der Waals surface area contributed by atoms with Gasteiger partial charge in [0.15, 0.2) is 17.5 Å². The van der Waals surface area contributed by atoms with Crippen LogP contribution in [0.2, 0.25) is 0 Å². The molecule has 9 aromatic carbocycles. The van der Waals surface area contributed by atoms with Gasteiger partial charge in [-0.1, -0.05) is 164 Å². The molecule has 0 fully saturated rings. The summed E-state index contributed by atoms with van der Waals surface area (Å²) in [7, 11) is 0. The molecule has 0 radical (unpaired) electrons. The summed E-state index contributed by atoms with van der Waals surface area (Å²) in [6, 6.07) is 65.8. The maximum atomic E-state index is 6.72. The number of aromatic nitrogens is 3. The molecular formula is C65H39N3O3. The molecule has 6 heteroatoms. The molecule has 6 nitrogen and oxygen atoms in total. The maximum Gasteiger partial charge on any atom is 0.164 e. The first kappa shape index (κ1) is 39.6. The molecule has 15 rings (SSSR count). The van der Waals surface area contributed by atoms with Crippen molar-refractivity contribution in [2.45, 2.75) is 12.3 Å². The Kier molecular flexibility index (Phi) is 8.26. The number of fused-ring (bicyclic) bond motifs is 16. The molecule has 0 amide bonds. The van der Waals surface area contributed by atoms with Crippen molar-refractivity contribution in [3.8, 4) is 56.4 Å². The Bertz CT molecular complexity index is 4520. The van der Waals surface area contributed by atoms with Crippen LogP contribution in [0.1, 0.15) is 29.2 Å². The minimum absolute atomic E-state index is 0.510. The number of furan rings is 3. The Morgan fingerprint density at radius 3 is 1.68 bits per heavy atom. The predicted octanol–water partition coefficient (Wildman–Crippen LogP) is 17.1. The fourth-order valence-corrected chi connectivity index (χ4v) is 12.1. The molecule has 71 heavy (non-hydrogen) atoms. The van der Waals surface area contributed by atoms with Gasteiger partial charge in [0.25, 0.3) is 0 Å². The molecule has 0 saturated heterocycles. The van der Waals surface area contributed by atoms with Crippen LogP contribution in [0.15, 0.2) is 232 Å². The van der Waals surface area contributed by atoms with E-state index in [2.05, 4.69) is 147 Å². The summed E-state index contributed by atoms with van der Waals surface area (Å²) in [4.78, 5) is 16.0. The highest BCUT2D eigenvalue weighted by atomic mass is 16.3. The molecule has 13 aromatic rings. The van der Waals surface area contributed by atoms with E-state index in [1.807, 2.05) is 72.8 Å². The van der Waals surface area contributed by atoms with E-state index in [4.69, 9.17) is 28.2 Å². The van der Waals surface area contributed by atoms with Crippen LogP contribution >= 0.6 is 0 Å². The van der Waals surface area contributed by atoms with Gasteiger partial charge in [0.2, 0.25) is 0 Å². The van der Waals surface area contributed by atoms with Crippen LogP contribution in [0, 0.1) is 0 Å². The van der Waals surface area contributed by atoms with Crippen molar-refractivity contribution >= 4 is 71.4 Å². The summed E-state index contributed by atoms with van der Waals surface area (Å²) in [5, 5.41) is 5.93. The van der Waals surface area contributed by atoms with Crippen LogP contribution in [-0.2, 0) is 5.41 Å². The molecule has 1 atom stereocenters. The molecule has 4 heterocycles. The number of rotatable bonds is 5. The van der Waals surface area contributed by atoms with E-state index in [0.717, 1.165) is 93.6 Å². The first-order valence-electron chi connectivity index (χ1n) is 24.0. The number of allylic oxidation sites excluding steroid dienone is 5. The zero-order valence-electron chi connectivity index (χ0n) is 38.4. The molecule has 332 valence electrons. The largest absolute Gasteiger partial charge is 0.456 e. The van der Waals surface area contributed by atoms with E-state index < -0.39 is 5.41 Å². The molecule has 1 spiro atoms. The van der Waals surface area contributed by atoms with Gasteiger partial charge >= 0.3 is 0 Å². The highest BCUT2D eigenvalue weighted by molar-refractivity contribution is 6.15. The summed E-state index contributed by atoms with van der Waals surface area (Å²) in [6.45, 7) is 6.35. The van der Waals surface area contributed by atoms with Crippen LogP contribution in [0.4, 0.5) is 0 Å². The monoisotopic (exact) mass is 909 g/mol. The van der Waals surface area contributed by atoms with Gasteiger partial charge in [0, 0.05) is 49.0 Å². The second-order valence-corrected chi connectivity index (χ2v) is 18.5. The van der Waals surface area contributed by atoms with Gasteiger partial charge in [0.05, 0.1) is 5.41 Å². The smallest absolute Gasteiger partial charge is 0.164 e. The average Bonchev–Trinajstić information content (AvgIpc) is 4.23. The Labute approximate surface area is 407 Å². The third kappa shape index (κ3) is 5.44. The van der Waals surface area contributed by atoms with Crippen molar-refractivity contribution in [3.63, 3.8) is 0 Å². The van der Waals surface area contributed by atoms with Crippen molar-refractivity contribution in [3.05, 3.63) is 241 Å². The zero-order chi connectivity index (χ0) is 47.0. The fourth-order valence-electron chi connectivity index (χ4n) is 12.1. The van der Waals surface area contributed by atoms with E-state index in [9.17, 15) is 0 Å². The summed E-state index contributed by atoms with van der Waals surface area (Å²) in [5.74, 6) is 1.58. The molecule has 2 aliphatic rings. The number of nitrogens with zero attached hydrogens (tertiary/aromatic N) is 3. The lowest BCUT2D eigenvalue weighted by atomic mass is 9.70. The third-order valence-electron chi connectivity index (χ3n) is 14.9. The Morgan fingerprint density at radius 1 is 0.408 bits per heavy atom. The molecule has 0 bridgehead atoms. The summed E-state index contributed by atoms with van der Waals surface area (Å²) < 4.78 is 19.5. The average molecular weight is 910 g/mol. The van der Waals surface area contributed by atoms with Gasteiger partial charge in [0.1, 0.15) is 33.5 Å². The highest BCUT2D eigenvalue weighted by Crippen LogP contribution is 2.65. The van der Waals surface area contributed by atoms with Crippen LogP contribution < -0.4 is 0 Å². The number of hydrogen-bond acceptors (Lipinski definition) is 6. The second kappa shape index (κ2) is 14.8. The molecular weight excluding hydrogens is 871 g/mol. The quantitative estimate of drug-likeness (QED) is 0.171. The first-order chi connectivity index (χ1) is 35.1. The van der Waals surface area contributed by atoms with Crippen molar-refractivity contribution in [1.82, 2.24) is 15.0 Å². The number of benzene rings is 9. The maximum absolute atomic E-state index is 6.72. The fraction of sp³-hybridized carbons (Fsp3) is 0.0308. The van der Waals surface area contributed by atoms with E-state index >= 15 is 0 Å². The van der Waals surface area contributed by atoms with Gasteiger partial charge in [-0.05, 0) is 111 Å². The third-order valence-corrected chi connectivity index (χ3v) is 14.9. The standard InChI is InChI=1S/C65H39N3O3/c1-3-16-49-39(4-2)41-17-5-9-24-50(41)65(49)51-25-10-6-19-44(51)59-40(21-13-26-52(59)65)37-32-34-55-48(35-37)61-47(23-15-30-57(61)70-55)64-67-62(38-31-33-43-42-18-7-11-27-53(42)71-58(43)36-38)66-63(68-64)46-22-14-29-56-60(46)45-20-8-12-28-54(45)69-56/h3-36H,1H2,2H3/b39-4-,49-16+. The van der Waals surface area contributed by atoms with E-state index in [1.165, 1.54) is 44.5 Å². The first-order valence-corrected chi connectivity index (χ1v) is 24.0. The van der Waals surface area contributed by atoms with Crippen LogP contribution in [-0.4, -0.2) is 15.0 Å². The number of para-hydroxylation sites is 2. The molecule has 0 aliphatic heterocycles. The summed E-state index contributed by atoms with van der Waals surface area (Å²) in [5.41, 5.74) is 18.9. The summed E-state index contributed by atoms with van der Waals surface area (Å²) in [6.07, 6.45) is 6.40. The van der Waals surface area contributed by atoms with E-state index in [0.29, 0.717) is 17.5 Å². The van der Waals surface area contributed by atoms with Crippen LogP contribution in [0.3, 0.4) is 0 Å². The lowest BCUT2D eigenvalue weighted by Gasteiger charge is -2.31. The van der Waals surface area contributed by atoms with Gasteiger partial charge in [-0.15, -0.1) is 0 Å². The van der Waals surface area contributed by atoms with Crippen molar-refractivity contribution in [2.75, 3.05) is 0 Å². The molecule has 0 N–H and O–H groups in total. The van der Waals surface area contributed by atoms with Crippen LogP contribution in [0.25, 0.3) is 128 Å². The lowest BCUT2D eigenvalue weighted by molar-refractivity contribution is 0.668. The topological polar surface area (TPSA) is 78.1 Å². The number of hydrogen-bond donors (Lipinski definition) is 0. The Hall–Kier alpha value is -9.39. The van der Waals surface area contributed by atoms with Gasteiger partial charge in [-0.25, -0.2) is 15.0 Å². The second-order valence-electron chi connectivity index (χ2n) is 18.5. The SMILES string of the molecule is C=C/C=C1\C(=C/C)c2ccccc2C12c1ccccc1-c1c(-c3ccc4oc5cccc(-c6nc(-c7ccc8c(c7)oc7ccccc78)nc(-c7cccc8oc9ccccc9c78)n6)c5c4c3)cccc12. The van der Waals surface area contributed by atoms with Gasteiger partial charge < -0.3 is 13.3 Å². The van der Waals surface area contributed by atoms with Crippen LogP contribution in [0.5, 0.6) is 0 Å². The van der Waals surface area contributed by atoms with E-state index in [1.54, 1.807) is 0 Å². The zero-order valence-corrected chi connectivity index (χ0v) is 38.4. The Balaban J connectivity index is 0.957. The molecule has 0 saturated carbocycles. The van der Waals surface area contributed by atoms with Crippen molar-refractivity contribution in [2.24, 2.45) is 0 Å². The van der Waals surface area contributed by atoms with Crippen molar-refractivity contribution < 1.29 is 13.3 Å². The van der Waals surface area contributed by atoms with Gasteiger partial charge in [-0.3, -0.25) is 0 Å². The van der Waals surface area contributed by atoms with Gasteiger partial charge in [-0.2, -0.15) is 0 Å². The molecule has 2 aliphatic carbocycles. The van der Waals surface area contributed by atoms with Crippen molar-refractivity contribution in [1.29, 1.82) is 0 Å². The highest BCUT2D eigenvalue weighted by Gasteiger charge is 2.53.